The summed E-state index contributed by atoms with van der Waals surface area (Å²) in [6, 6.07) is 13.8. The van der Waals surface area contributed by atoms with E-state index >= 15 is 0 Å². The van der Waals surface area contributed by atoms with Crippen LogP contribution in [0.25, 0.3) is 22.7 Å². The summed E-state index contributed by atoms with van der Waals surface area (Å²) >= 11 is 0. The van der Waals surface area contributed by atoms with Crippen LogP contribution in [0.5, 0.6) is 0 Å². The summed E-state index contributed by atoms with van der Waals surface area (Å²) in [4.78, 5) is 4.59. The van der Waals surface area contributed by atoms with Crippen LogP contribution < -0.4 is 4.90 Å². The molecule has 0 unspecified atom stereocenters. The van der Waals surface area contributed by atoms with Crippen molar-refractivity contribution in [2.45, 2.75) is 19.9 Å². The summed E-state index contributed by atoms with van der Waals surface area (Å²) in [5.41, 5.74) is 2.41. The van der Waals surface area contributed by atoms with Crippen LogP contribution in [0.15, 0.2) is 57.6 Å². The predicted molar refractivity (Wildman–Crippen MR) is 114 cm³/mol. The minimum absolute atomic E-state index is 0.434. The molecule has 9 heteroatoms. The normalized spacial score (nSPS) is 15.2. The zero-order chi connectivity index (χ0) is 21.0. The lowest BCUT2D eigenvalue weighted by molar-refractivity contribution is 0.256. The first-order chi connectivity index (χ1) is 15.3. The fourth-order valence-electron chi connectivity index (χ4n) is 3.85. The molecule has 0 aliphatic carbocycles. The number of hydrogen-bond acceptors (Lipinski definition) is 9. The standard InChI is InChI=1S/C22H23N7O2/c1-16-20(21(27-31-16)17-7-3-2-4-8-17)22-26-25-19(30-22)15-28-11-6-12-29(14-13-28)18-9-5-10-23-24-18/h2-5,7-10H,6,11-15H2,1H3. The molecule has 0 saturated carbocycles. The van der Waals surface area contributed by atoms with Crippen LogP contribution in [0.1, 0.15) is 18.1 Å². The molecule has 1 aliphatic rings. The van der Waals surface area contributed by atoms with Crippen molar-refractivity contribution in [3.05, 3.63) is 60.3 Å². The van der Waals surface area contributed by atoms with E-state index in [1.807, 2.05) is 49.4 Å². The molecule has 9 nitrogen and oxygen atoms in total. The highest BCUT2D eigenvalue weighted by molar-refractivity contribution is 5.77. The van der Waals surface area contributed by atoms with E-state index in [-0.39, 0.29) is 0 Å². The van der Waals surface area contributed by atoms with Gasteiger partial charge in [0.2, 0.25) is 5.89 Å². The molecule has 0 bridgehead atoms. The third kappa shape index (κ3) is 4.17. The minimum atomic E-state index is 0.434. The molecule has 5 rings (SSSR count). The smallest absolute Gasteiger partial charge is 0.253 e. The van der Waals surface area contributed by atoms with E-state index in [2.05, 4.69) is 35.4 Å². The summed E-state index contributed by atoms with van der Waals surface area (Å²) in [6.07, 6.45) is 2.72. The zero-order valence-corrected chi connectivity index (χ0v) is 17.3. The first kappa shape index (κ1) is 19.4. The van der Waals surface area contributed by atoms with Gasteiger partial charge in [-0.25, -0.2) is 0 Å². The van der Waals surface area contributed by atoms with Crippen molar-refractivity contribution in [1.29, 1.82) is 0 Å². The van der Waals surface area contributed by atoms with Gasteiger partial charge < -0.3 is 13.8 Å². The lowest BCUT2D eigenvalue weighted by Gasteiger charge is -2.21. The monoisotopic (exact) mass is 417 g/mol. The van der Waals surface area contributed by atoms with Gasteiger partial charge in [-0.05, 0) is 25.5 Å². The second-order valence-electron chi connectivity index (χ2n) is 7.53. The van der Waals surface area contributed by atoms with Gasteiger partial charge in [-0.1, -0.05) is 35.5 Å². The molecule has 1 fully saturated rings. The van der Waals surface area contributed by atoms with E-state index in [0.717, 1.165) is 49.5 Å². The van der Waals surface area contributed by atoms with Crippen LogP contribution in [0, 0.1) is 6.92 Å². The molecule has 0 radical (unpaired) electrons. The number of hydrogen-bond donors (Lipinski definition) is 0. The Morgan fingerprint density at radius 3 is 2.68 bits per heavy atom. The predicted octanol–water partition coefficient (Wildman–Crippen LogP) is 3.20. The summed E-state index contributed by atoms with van der Waals surface area (Å²) in [5.74, 6) is 2.59. The SMILES string of the molecule is Cc1onc(-c2ccccc2)c1-c1nnc(CN2CCCN(c3cccnn3)CC2)o1. The molecule has 0 N–H and O–H groups in total. The Bertz CT molecular complexity index is 1130. The summed E-state index contributed by atoms with van der Waals surface area (Å²) in [5, 5.41) is 21.0. The molecule has 1 aromatic carbocycles. The number of aromatic nitrogens is 5. The van der Waals surface area contributed by atoms with Crippen molar-refractivity contribution in [2.75, 3.05) is 31.1 Å². The number of nitrogens with zero attached hydrogens (tertiary/aromatic N) is 7. The van der Waals surface area contributed by atoms with E-state index in [4.69, 9.17) is 8.94 Å². The number of rotatable bonds is 5. The second-order valence-corrected chi connectivity index (χ2v) is 7.53. The van der Waals surface area contributed by atoms with E-state index in [1.54, 1.807) is 6.20 Å². The molecule has 0 spiro atoms. The summed E-state index contributed by atoms with van der Waals surface area (Å²) < 4.78 is 11.5. The van der Waals surface area contributed by atoms with Gasteiger partial charge in [0.05, 0.1) is 6.54 Å². The Labute approximate surface area is 179 Å². The van der Waals surface area contributed by atoms with Gasteiger partial charge in [0.25, 0.3) is 5.89 Å². The maximum Gasteiger partial charge on any atom is 0.253 e. The fourth-order valence-corrected chi connectivity index (χ4v) is 3.85. The Morgan fingerprint density at radius 2 is 1.84 bits per heavy atom. The molecule has 1 aliphatic heterocycles. The highest BCUT2D eigenvalue weighted by Gasteiger charge is 2.23. The van der Waals surface area contributed by atoms with E-state index in [1.165, 1.54) is 0 Å². The van der Waals surface area contributed by atoms with Crippen molar-refractivity contribution >= 4 is 5.82 Å². The molecule has 158 valence electrons. The second kappa shape index (κ2) is 8.65. The van der Waals surface area contributed by atoms with Gasteiger partial charge in [-0.3, -0.25) is 4.90 Å². The lowest BCUT2D eigenvalue weighted by atomic mass is 10.1. The topological polar surface area (TPSA) is 97.2 Å². The highest BCUT2D eigenvalue weighted by atomic mass is 16.5. The fraction of sp³-hybridized carbons (Fsp3) is 0.318. The molecule has 0 amide bonds. The largest absolute Gasteiger partial charge is 0.419 e. The quantitative estimate of drug-likeness (QED) is 0.485. The Hall–Kier alpha value is -3.59. The number of aryl methyl sites for hydroxylation is 1. The highest BCUT2D eigenvalue weighted by Crippen LogP contribution is 2.33. The van der Waals surface area contributed by atoms with Crippen molar-refractivity contribution in [3.63, 3.8) is 0 Å². The van der Waals surface area contributed by atoms with Crippen LogP contribution in [0.3, 0.4) is 0 Å². The van der Waals surface area contributed by atoms with Gasteiger partial charge in [-0.15, -0.1) is 15.3 Å². The molecule has 4 aromatic rings. The molecule has 31 heavy (non-hydrogen) atoms. The van der Waals surface area contributed by atoms with Crippen LogP contribution in [-0.2, 0) is 6.54 Å². The average molecular weight is 417 g/mol. The maximum absolute atomic E-state index is 6.03. The minimum Gasteiger partial charge on any atom is -0.419 e. The number of anilines is 1. The van der Waals surface area contributed by atoms with Crippen LogP contribution in [0.4, 0.5) is 5.82 Å². The van der Waals surface area contributed by atoms with Gasteiger partial charge >= 0.3 is 0 Å². The van der Waals surface area contributed by atoms with Gasteiger partial charge in [-0.2, -0.15) is 5.10 Å². The van der Waals surface area contributed by atoms with Gasteiger partial charge in [0.1, 0.15) is 17.0 Å². The van der Waals surface area contributed by atoms with Gasteiger partial charge in [0.15, 0.2) is 5.82 Å². The van der Waals surface area contributed by atoms with Crippen molar-refractivity contribution in [3.8, 4) is 22.7 Å². The first-order valence-corrected chi connectivity index (χ1v) is 10.4. The van der Waals surface area contributed by atoms with Crippen LogP contribution >= 0.6 is 0 Å². The summed E-state index contributed by atoms with van der Waals surface area (Å²) in [6.45, 7) is 6.12. The van der Waals surface area contributed by atoms with Crippen molar-refractivity contribution < 1.29 is 8.94 Å². The molecule has 3 aromatic heterocycles. The lowest BCUT2D eigenvalue weighted by Crippen LogP contribution is -2.31. The van der Waals surface area contributed by atoms with Crippen molar-refractivity contribution in [2.24, 2.45) is 0 Å². The van der Waals surface area contributed by atoms with E-state index in [0.29, 0.717) is 29.8 Å². The molecule has 1 saturated heterocycles. The van der Waals surface area contributed by atoms with Crippen LogP contribution in [0.2, 0.25) is 0 Å². The van der Waals surface area contributed by atoms with E-state index in [9.17, 15) is 0 Å². The molecular formula is C22H23N7O2. The first-order valence-electron chi connectivity index (χ1n) is 10.4. The Balaban J connectivity index is 1.30. The van der Waals surface area contributed by atoms with Crippen molar-refractivity contribution in [1.82, 2.24) is 30.5 Å². The third-order valence-electron chi connectivity index (χ3n) is 5.42. The Kier molecular flexibility index (Phi) is 5.40. The zero-order valence-electron chi connectivity index (χ0n) is 17.3. The molecule has 0 atom stereocenters. The molecular weight excluding hydrogens is 394 g/mol. The van der Waals surface area contributed by atoms with Gasteiger partial charge in [0, 0.05) is 37.9 Å². The van der Waals surface area contributed by atoms with E-state index < -0.39 is 0 Å². The maximum atomic E-state index is 6.03. The average Bonchev–Trinajstić information content (AvgIpc) is 3.35. The third-order valence-corrected chi connectivity index (χ3v) is 5.42. The summed E-state index contributed by atoms with van der Waals surface area (Å²) in [7, 11) is 0. The van der Waals surface area contributed by atoms with Crippen LogP contribution in [-0.4, -0.2) is 56.6 Å². The molecule has 4 heterocycles. The Morgan fingerprint density at radius 1 is 0.935 bits per heavy atom. The number of benzene rings is 1.